The predicted octanol–water partition coefficient (Wildman–Crippen LogP) is 6.07. The van der Waals surface area contributed by atoms with E-state index in [0.29, 0.717) is 17.5 Å². The van der Waals surface area contributed by atoms with Crippen molar-refractivity contribution >= 4 is 5.78 Å². The van der Waals surface area contributed by atoms with Crippen LogP contribution in [0.5, 0.6) is 23.0 Å². The normalized spacial score (nSPS) is 17.0. The summed E-state index contributed by atoms with van der Waals surface area (Å²) in [6.07, 6.45) is 1.60. The standard InChI is InChI=1S/C26H32O5/c1-15(2)16(10-11-26(3,4)5)12-18-20(28)13-21(29)24-22(30)14-23(31-25(18)24)17-8-6-7-9-19(17)27/h6-9,13,16,23,27-29H,1,10-12,14H2,2-5H3/t16-,23+/m1/s1. The van der Waals surface area contributed by atoms with Crippen molar-refractivity contribution < 1.29 is 24.9 Å². The van der Waals surface area contributed by atoms with Crippen LogP contribution < -0.4 is 4.74 Å². The van der Waals surface area contributed by atoms with Crippen LogP contribution in [0.3, 0.4) is 0 Å². The summed E-state index contributed by atoms with van der Waals surface area (Å²) in [5.41, 5.74) is 2.23. The van der Waals surface area contributed by atoms with Crippen molar-refractivity contribution in [2.24, 2.45) is 11.3 Å². The second kappa shape index (κ2) is 8.66. The van der Waals surface area contributed by atoms with Crippen molar-refractivity contribution in [2.45, 2.75) is 59.5 Å². The van der Waals surface area contributed by atoms with E-state index in [1.807, 2.05) is 6.92 Å². The number of ether oxygens (including phenoxy) is 1. The first-order valence-corrected chi connectivity index (χ1v) is 10.7. The summed E-state index contributed by atoms with van der Waals surface area (Å²) < 4.78 is 6.16. The highest BCUT2D eigenvalue weighted by molar-refractivity contribution is 6.03. The van der Waals surface area contributed by atoms with Crippen LogP contribution in [0.15, 0.2) is 42.5 Å². The number of para-hydroxylation sites is 1. The number of phenols is 3. The van der Waals surface area contributed by atoms with Gasteiger partial charge in [0.2, 0.25) is 0 Å². The van der Waals surface area contributed by atoms with Gasteiger partial charge in [-0.05, 0) is 43.6 Å². The van der Waals surface area contributed by atoms with Crippen LogP contribution >= 0.6 is 0 Å². The Kier molecular flexibility index (Phi) is 6.35. The molecule has 0 amide bonds. The monoisotopic (exact) mass is 424 g/mol. The molecule has 1 heterocycles. The number of rotatable bonds is 6. The fraction of sp³-hybridized carbons (Fsp3) is 0.423. The summed E-state index contributed by atoms with van der Waals surface area (Å²) in [5.74, 6) is -0.357. The molecule has 166 valence electrons. The molecule has 0 fully saturated rings. The molecule has 3 rings (SSSR count). The zero-order valence-corrected chi connectivity index (χ0v) is 18.7. The number of hydrogen-bond donors (Lipinski definition) is 3. The van der Waals surface area contributed by atoms with E-state index in [0.717, 1.165) is 18.4 Å². The molecule has 0 spiro atoms. The first kappa shape index (κ1) is 22.7. The quantitative estimate of drug-likeness (QED) is 0.490. The van der Waals surface area contributed by atoms with Gasteiger partial charge in [0, 0.05) is 17.2 Å². The molecular weight excluding hydrogens is 392 g/mol. The minimum atomic E-state index is -0.695. The van der Waals surface area contributed by atoms with Crippen LogP contribution in [-0.4, -0.2) is 21.1 Å². The van der Waals surface area contributed by atoms with Crippen molar-refractivity contribution in [2.75, 3.05) is 0 Å². The lowest BCUT2D eigenvalue weighted by Gasteiger charge is -2.30. The molecular formula is C26H32O5. The Morgan fingerprint density at radius 3 is 2.45 bits per heavy atom. The Hall–Kier alpha value is -2.95. The van der Waals surface area contributed by atoms with Crippen LogP contribution in [0.25, 0.3) is 0 Å². The number of carbonyl (C=O) groups excluding carboxylic acids is 1. The fourth-order valence-electron chi connectivity index (χ4n) is 4.03. The molecule has 0 saturated heterocycles. The number of benzene rings is 2. The van der Waals surface area contributed by atoms with Gasteiger partial charge in [-0.2, -0.15) is 0 Å². The largest absolute Gasteiger partial charge is 0.508 e. The molecule has 5 nitrogen and oxygen atoms in total. The maximum Gasteiger partial charge on any atom is 0.174 e. The van der Waals surface area contributed by atoms with Crippen LogP contribution in [-0.2, 0) is 6.42 Å². The SMILES string of the molecule is C=C(C)[C@H](CCC(C)(C)C)Cc1c(O)cc(O)c2c1O[C@H](c1ccccc1O)CC2=O. The maximum absolute atomic E-state index is 12.9. The number of ketones is 1. The molecule has 0 radical (unpaired) electrons. The van der Waals surface area contributed by atoms with Crippen LogP contribution in [0.4, 0.5) is 0 Å². The smallest absolute Gasteiger partial charge is 0.174 e. The molecule has 0 bridgehead atoms. The first-order chi connectivity index (χ1) is 14.5. The van der Waals surface area contributed by atoms with E-state index in [1.54, 1.807) is 24.3 Å². The van der Waals surface area contributed by atoms with Crippen molar-refractivity contribution in [3.8, 4) is 23.0 Å². The minimum Gasteiger partial charge on any atom is -0.508 e. The molecule has 1 aliphatic heterocycles. The number of carbonyl (C=O) groups is 1. The Balaban J connectivity index is 2.01. The molecule has 0 aromatic heterocycles. The van der Waals surface area contributed by atoms with Crippen LogP contribution in [0.1, 0.15) is 74.5 Å². The summed E-state index contributed by atoms with van der Waals surface area (Å²) >= 11 is 0. The molecule has 31 heavy (non-hydrogen) atoms. The number of phenolic OH excluding ortho intramolecular Hbond substituents is 3. The Labute approximate surface area is 184 Å². The number of fused-ring (bicyclic) bond motifs is 1. The molecule has 0 aliphatic carbocycles. The van der Waals surface area contributed by atoms with Gasteiger partial charge in [0.15, 0.2) is 5.78 Å². The lowest BCUT2D eigenvalue weighted by atomic mass is 9.81. The third kappa shape index (κ3) is 5.04. The van der Waals surface area contributed by atoms with Gasteiger partial charge in [-0.25, -0.2) is 0 Å². The van der Waals surface area contributed by atoms with Gasteiger partial charge in [0.25, 0.3) is 0 Å². The third-order valence-corrected chi connectivity index (χ3v) is 5.92. The van der Waals surface area contributed by atoms with Gasteiger partial charge in [-0.3, -0.25) is 4.79 Å². The van der Waals surface area contributed by atoms with Crippen molar-refractivity contribution in [3.63, 3.8) is 0 Å². The number of hydrogen-bond acceptors (Lipinski definition) is 5. The van der Waals surface area contributed by atoms with E-state index in [9.17, 15) is 20.1 Å². The second-order valence-corrected chi connectivity index (χ2v) is 9.74. The molecule has 2 aromatic rings. The van der Waals surface area contributed by atoms with Gasteiger partial charge in [0.1, 0.15) is 34.7 Å². The Morgan fingerprint density at radius 1 is 1.16 bits per heavy atom. The number of allylic oxidation sites excluding steroid dienone is 1. The third-order valence-electron chi connectivity index (χ3n) is 5.92. The molecule has 3 N–H and O–H groups in total. The lowest BCUT2D eigenvalue weighted by Crippen LogP contribution is -2.22. The van der Waals surface area contributed by atoms with E-state index in [4.69, 9.17) is 4.74 Å². The molecule has 0 saturated carbocycles. The van der Waals surface area contributed by atoms with E-state index >= 15 is 0 Å². The van der Waals surface area contributed by atoms with Gasteiger partial charge in [0.05, 0.1) is 6.42 Å². The Morgan fingerprint density at radius 2 is 1.84 bits per heavy atom. The lowest BCUT2D eigenvalue weighted by molar-refractivity contribution is 0.0839. The highest BCUT2D eigenvalue weighted by Gasteiger charge is 2.35. The van der Waals surface area contributed by atoms with Crippen LogP contribution in [0, 0.1) is 11.3 Å². The van der Waals surface area contributed by atoms with Gasteiger partial charge in [-0.15, -0.1) is 0 Å². The van der Waals surface area contributed by atoms with Gasteiger partial charge in [-0.1, -0.05) is 51.1 Å². The predicted molar refractivity (Wildman–Crippen MR) is 121 cm³/mol. The van der Waals surface area contributed by atoms with Gasteiger partial charge >= 0.3 is 0 Å². The van der Waals surface area contributed by atoms with E-state index in [1.165, 1.54) is 6.07 Å². The van der Waals surface area contributed by atoms with Crippen molar-refractivity contribution in [3.05, 3.63) is 59.2 Å². The Bertz CT molecular complexity index is 1000. The zero-order valence-electron chi connectivity index (χ0n) is 18.7. The average Bonchev–Trinajstić information content (AvgIpc) is 2.65. The fourth-order valence-corrected chi connectivity index (χ4v) is 4.03. The molecule has 5 heteroatoms. The van der Waals surface area contributed by atoms with E-state index in [2.05, 4.69) is 27.4 Å². The first-order valence-electron chi connectivity index (χ1n) is 10.7. The van der Waals surface area contributed by atoms with Crippen molar-refractivity contribution in [1.29, 1.82) is 0 Å². The minimum absolute atomic E-state index is 0.00368. The molecule has 2 aromatic carbocycles. The molecule has 0 unspecified atom stereocenters. The highest BCUT2D eigenvalue weighted by Crippen LogP contribution is 2.47. The highest BCUT2D eigenvalue weighted by atomic mass is 16.5. The van der Waals surface area contributed by atoms with E-state index in [-0.39, 0.29) is 52.1 Å². The number of Topliss-reactive ketones (excluding diaryl/α,β-unsaturated/α-hetero) is 1. The molecule has 1 aliphatic rings. The van der Waals surface area contributed by atoms with Crippen molar-refractivity contribution in [1.82, 2.24) is 0 Å². The summed E-state index contributed by atoms with van der Waals surface area (Å²) in [7, 11) is 0. The van der Waals surface area contributed by atoms with Crippen LogP contribution in [0.2, 0.25) is 0 Å². The maximum atomic E-state index is 12.9. The number of aromatic hydroxyl groups is 3. The summed E-state index contributed by atoms with van der Waals surface area (Å²) in [5, 5.41) is 31.3. The zero-order chi connectivity index (χ0) is 22.9. The summed E-state index contributed by atoms with van der Waals surface area (Å²) in [4.78, 5) is 12.9. The topological polar surface area (TPSA) is 87.0 Å². The average molecular weight is 425 g/mol. The summed E-state index contributed by atoms with van der Waals surface area (Å²) in [6.45, 7) is 12.6. The summed E-state index contributed by atoms with van der Waals surface area (Å²) in [6, 6.07) is 7.94. The second-order valence-electron chi connectivity index (χ2n) is 9.74. The van der Waals surface area contributed by atoms with Gasteiger partial charge < -0.3 is 20.1 Å². The molecule has 2 atom stereocenters. The van der Waals surface area contributed by atoms with E-state index < -0.39 is 6.10 Å².